The Hall–Kier alpha value is -4.37. The number of methoxy groups -OCH3 is 2. The molecule has 0 saturated carbocycles. The largest absolute Gasteiger partial charge is 0.493 e. The lowest BCUT2D eigenvalue weighted by Crippen LogP contribution is -2.36. The minimum atomic E-state index is -0.406. The molecule has 0 saturated heterocycles. The highest BCUT2D eigenvalue weighted by Crippen LogP contribution is 2.29. The van der Waals surface area contributed by atoms with Gasteiger partial charge in [-0.25, -0.2) is 4.39 Å². The SMILES string of the molecule is COc1ccc(C(=O)Nc2ccc(C(C)(C)CNC(=O)c3cn(CCCN(C)C)c4ccc(F)cc34)cc2)cc1OC. The van der Waals surface area contributed by atoms with Crippen LogP contribution in [-0.4, -0.2) is 62.7 Å². The Bertz CT molecular complexity index is 1560. The molecule has 1 heterocycles. The quantitative estimate of drug-likeness (QED) is 0.227. The van der Waals surface area contributed by atoms with Crippen LogP contribution in [0.2, 0.25) is 0 Å². The van der Waals surface area contributed by atoms with Gasteiger partial charge in [0.05, 0.1) is 19.8 Å². The maximum Gasteiger partial charge on any atom is 0.255 e. The second-order valence-electron chi connectivity index (χ2n) is 11.2. The first-order valence-corrected chi connectivity index (χ1v) is 13.9. The van der Waals surface area contributed by atoms with E-state index in [1.807, 2.05) is 63.0 Å². The summed E-state index contributed by atoms with van der Waals surface area (Å²) in [6.07, 6.45) is 2.73. The van der Waals surface area contributed by atoms with Gasteiger partial charge in [-0.1, -0.05) is 26.0 Å². The fourth-order valence-corrected chi connectivity index (χ4v) is 4.88. The summed E-state index contributed by atoms with van der Waals surface area (Å²) >= 11 is 0. The van der Waals surface area contributed by atoms with Crippen molar-refractivity contribution in [3.8, 4) is 11.5 Å². The van der Waals surface area contributed by atoms with E-state index in [9.17, 15) is 14.0 Å². The predicted molar refractivity (Wildman–Crippen MR) is 164 cm³/mol. The number of halogens is 1. The van der Waals surface area contributed by atoms with Gasteiger partial charge in [-0.2, -0.15) is 0 Å². The fraction of sp³-hybridized carbons (Fsp3) is 0.333. The molecule has 4 aromatic rings. The van der Waals surface area contributed by atoms with E-state index in [0.29, 0.717) is 40.2 Å². The molecule has 0 unspecified atom stereocenters. The first-order valence-electron chi connectivity index (χ1n) is 13.9. The van der Waals surface area contributed by atoms with Crippen molar-refractivity contribution in [1.29, 1.82) is 0 Å². The monoisotopic (exact) mass is 574 g/mol. The van der Waals surface area contributed by atoms with Gasteiger partial charge in [0.15, 0.2) is 11.5 Å². The van der Waals surface area contributed by atoms with Crippen molar-refractivity contribution in [3.05, 3.63) is 89.4 Å². The number of nitrogens with zero attached hydrogens (tertiary/aromatic N) is 2. The lowest BCUT2D eigenvalue weighted by atomic mass is 9.84. The molecule has 2 N–H and O–H groups in total. The van der Waals surface area contributed by atoms with Crippen LogP contribution in [0, 0.1) is 5.82 Å². The highest BCUT2D eigenvalue weighted by molar-refractivity contribution is 6.07. The number of carbonyl (C=O) groups excluding carboxylic acids is 2. The average molecular weight is 575 g/mol. The molecule has 1 aromatic heterocycles. The highest BCUT2D eigenvalue weighted by atomic mass is 19.1. The van der Waals surface area contributed by atoms with Crippen LogP contribution in [0.5, 0.6) is 11.5 Å². The molecule has 0 aliphatic carbocycles. The molecule has 2 amide bonds. The molecule has 9 heteroatoms. The van der Waals surface area contributed by atoms with E-state index >= 15 is 0 Å². The molecule has 0 fully saturated rings. The van der Waals surface area contributed by atoms with E-state index in [1.54, 1.807) is 31.4 Å². The van der Waals surface area contributed by atoms with Crippen molar-refractivity contribution < 1.29 is 23.5 Å². The highest BCUT2D eigenvalue weighted by Gasteiger charge is 2.24. The topological polar surface area (TPSA) is 84.8 Å². The van der Waals surface area contributed by atoms with Crippen LogP contribution in [0.15, 0.2) is 66.9 Å². The standard InChI is InChI=1S/C33H39FN4O4/c1-33(2,23-9-12-25(13-10-23)36-31(39)22-8-15-29(41-5)30(18-22)42-6)21-35-32(40)27-20-38(17-7-16-37(3)4)28-14-11-24(34)19-26(27)28/h8-15,18-20H,7,16-17,21H2,1-6H3,(H,35,40)(H,36,39). The van der Waals surface area contributed by atoms with Crippen LogP contribution in [0.3, 0.4) is 0 Å². The molecule has 222 valence electrons. The van der Waals surface area contributed by atoms with Gasteiger partial charge in [0, 0.05) is 46.9 Å². The number of aromatic nitrogens is 1. The van der Waals surface area contributed by atoms with Gasteiger partial charge >= 0.3 is 0 Å². The summed E-state index contributed by atoms with van der Waals surface area (Å²) in [6.45, 7) is 6.08. The third kappa shape index (κ3) is 7.09. The van der Waals surface area contributed by atoms with Crippen molar-refractivity contribution in [3.63, 3.8) is 0 Å². The summed E-state index contributed by atoms with van der Waals surface area (Å²) < 4.78 is 26.7. The van der Waals surface area contributed by atoms with E-state index in [2.05, 4.69) is 15.5 Å². The number of hydrogen-bond acceptors (Lipinski definition) is 5. The average Bonchev–Trinajstić information content (AvgIpc) is 3.33. The number of aryl methyl sites for hydroxylation is 1. The first-order chi connectivity index (χ1) is 20.0. The van der Waals surface area contributed by atoms with Crippen LogP contribution >= 0.6 is 0 Å². The summed E-state index contributed by atoms with van der Waals surface area (Å²) in [7, 11) is 7.11. The maximum atomic E-state index is 14.1. The first kappa shape index (κ1) is 30.6. The number of hydrogen-bond donors (Lipinski definition) is 2. The zero-order valence-electron chi connectivity index (χ0n) is 25.1. The Labute approximate surface area is 246 Å². The van der Waals surface area contributed by atoms with Crippen molar-refractivity contribution in [1.82, 2.24) is 14.8 Å². The number of ether oxygens (including phenoxy) is 2. The number of anilines is 1. The Morgan fingerprint density at radius 3 is 2.31 bits per heavy atom. The second-order valence-corrected chi connectivity index (χ2v) is 11.2. The second kappa shape index (κ2) is 13.1. The molecule has 0 aliphatic heterocycles. The van der Waals surface area contributed by atoms with Crippen LogP contribution in [0.25, 0.3) is 10.9 Å². The zero-order chi connectivity index (χ0) is 30.4. The van der Waals surface area contributed by atoms with Crippen molar-refractivity contribution in [2.45, 2.75) is 32.2 Å². The molecule has 42 heavy (non-hydrogen) atoms. The fourth-order valence-electron chi connectivity index (χ4n) is 4.88. The lowest BCUT2D eigenvalue weighted by Gasteiger charge is -2.26. The molecule has 0 spiro atoms. The molecule has 8 nitrogen and oxygen atoms in total. The van der Waals surface area contributed by atoms with Gasteiger partial charge < -0.3 is 29.6 Å². The Morgan fingerprint density at radius 2 is 1.64 bits per heavy atom. The summed E-state index contributed by atoms with van der Waals surface area (Å²) in [6, 6.07) is 17.1. The van der Waals surface area contributed by atoms with E-state index in [1.165, 1.54) is 19.2 Å². The number of fused-ring (bicyclic) bond motifs is 1. The third-order valence-electron chi connectivity index (χ3n) is 7.35. The summed E-state index contributed by atoms with van der Waals surface area (Å²) in [5.74, 6) is 0.131. The predicted octanol–water partition coefficient (Wildman–Crippen LogP) is 5.71. The summed E-state index contributed by atoms with van der Waals surface area (Å²) in [5.41, 5.74) is 2.96. The van der Waals surface area contributed by atoms with Gasteiger partial charge in [0.25, 0.3) is 11.8 Å². The van der Waals surface area contributed by atoms with Crippen LogP contribution in [-0.2, 0) is 12.0 Å². The van der Waals surface area contributed by atoms with Gasteiger partial charge in [-0.3, -0.25) is 9.59 Å². The number of carbonyl (C=O) groups is 2. The smallest absolute Gasteiger partial charge is 0.255 e. The van der Waals surface area contributed by atoms with Crippen LogP contribution in [0.4, 0.5) is 10.1 Å². The zero-order valence-corrected chi connectivity index (χ0v) is 25.1. The van der Waals surface area contributed by atoms with E-state index in [0.717, 1.165) is 30.6 Å². The molecule has 4 rings (SSSR count). The van der Waals surface area contributed by atoms with Crippen LogP contribution < -0.4 is 20.1 Å². The van der Waals surface area contributed by atoms with E-state index in [-0.39, 0.29) is 17.6 Å². The third-order valence-corrected chi connectivity index (χ3v) is 7.35. The maximum absolute atomic E-state index is 14.1. The van der Waals surface area contributed by atoms with Gasteiger partial charge in [-0.05, 0) is 81.2 Å². The molecule has 0 atom stereocenters. The molecular weight excluding hydrogens is 535 g/mol. The van der Waals surface area contributed by atoms with E-state index in [4.69, 9.17) is 9.47 Å². The van der Waals surface area contributed by atoms with Crippen LogP contribution in [0.1, 0.15) is 46.5 Å². The molecule has 0 radical (unpaired) electrons. The molecule has 3 aromatic carbocycles. The van der Waals surface area contributed by atoms with Gasteiger partial charge in [-0.15, -0.1) is 0 Å². The lowest BCUT2D eigenvalue weighted by molar-refractivity contribution is 0.0946. The molecule has 0 aliphatic rings. The molecular formula is C33H39FN4O4. The number of nitrogens with one attached hydrogen (secondary N) is 2. The Balaban J connectivity index is 1.42. The minimum absolute atomic E-state index is 0.246. The Kier molecular flexibility index (Phi) is 9.52. The normalized spacial score (nSPS) is 11.5. The van der Waals surface area contributed by atoms with Crippen molar-refractivity contribution in [2.75, 3.05) is 46.7 Å². The number of benzene rings is 3. The van der Waals surface area contributed by atoms with Crippen molar-refractivity contribution >= 4 is 28.4 Å². The van der Waals surface area contributed by atoms with E-state index < -0.39 is 5.41 Å². The van der Waals surface area contributed by atoms with Gasteiger partial charge in [0.1, 0.15) is 5.82 Å². The summed E-state index contributed by atoms with van der Waals surface area (Å²) in [5, 5.41) is 6.55. The van der Waals surface area contributed by atoms with Crippen molar-refractivity contribution in [2.24, 2.45) is 0 Å². The molecule has 0 bridgehead atoms. The van der Waals surface area contributed by atoms with Gasteiger partial charge in [0.2, 0.25) is 0 Å². The Morgan fingerprint density at radius 1 is 0.929 bits per heavy atom. The number of rotatable bonds is 12. The minimum Gasteiger partial charge on any atom is -0.493 e. The summed E-state index contributed by atoms with van der Waals surface area (Å²) in [4.78, 5) is 28.2. The number of amides is 2.